The third kappa shape index (κ3) is 3.68. The molecule has 0 atom stereocenters. The molecule has 10 rings (SSSR count). The highest BCUT2D eigenvalue weighted by molar-refractivity contribution is 6.25. The van der Waals surface area contributed by atoms with Crippen molar-refractivity contribution in [3.8, 4) is 22.3 Å². The SMILES string of the molecule is c1ccc2cc(-c3ccc4cc5c(cc4c3)oc3cccc(-c4c6ccccc6cc6c4ccc4ccccc46)c35)ccc2c1. The molecule has 1 heterocycles. The molecule has 0 aliphatic carbocycles. The van der Waals surface area contributed by atoms with Crippen LogP contribution in [-0.2, 0) is 0 Å². The Morgan fingerprint density at radius 2 is 0.956 bits per heavy atom. The van der Waals surface area contributed by atoms with Crippen LogP contribution >= 0.6 is 0 Å². The van der Waals surface area contributed by atoms with Gasteiger partial charge in [-0.2, -0.15) is 0 Å². The molecule has 1 nitrogen and oxygen atoms in total. The summed E-state index contributed by atoms with van der Waals surface area (Å²) in [7, 11) is 0. The molecule has 0 aliphatic rings. The predicted molar refractivity (Wildman–Crippen MR) is 192 cm³/mol. The number of furan rings is 1. The summed E-state index contributed by atoms with van der Waals surface area (Å²) >= 11 is 0. The van der Waals surface area contributed by atoms with Crippen LogP contribution in [0.5, 0.6) is 0 Å². The van der Waals surface area contributed by atoms with Crippen molar-refractivity contribution in [2.24, 2.45) is 0 Å². The quantitative estimate of drug-likeness (QED) is 0.149. The second-order valence-electron chi connectivity index (χ2n) is 12.1. The fourth-order valence-corrected chi connectivity index (χ4v) is 7.44. The van der Waals surface area contributed by atoms with E-state index in [1.165, 1.54) is 81.5 Å². The number of hydrogen-bond acceptors (Lipinski definition) is 1. The first-order valence-electron chi connectivity index (χ1n) is 15.5. The summed E-state index contributed by atoms with van der Waals surface area (Å²) in [6.07, 6.45) is 0. The summed E-state index contributed by atoms with van der Waals surface area (Å²) in [5.41, 5.74) is 6.71. The summed E-state index contributed by atoms with van der Waals surface area (Å²) in [6.45, 7) is 0. The molecule has 208 valence electrons. The lowest BCUT2D eigenvalue weighted by molar-refractivity contribution is 0.669. The van der Waals surface area contributed by atoms with Crippen LogP contribution in [0.25, 0.3) is 98.1 Å². The molecule has 10 aromatic rings. The van der Waals surface area contributed by atoms with Crippen molar-refractivity contribution in [1.82, 2.24) is 0 Å². The van der Waals surface area contributed by atoms with Gasteiger partial charge in [0.2, 0.25) is 0 Å². The first-order chi connectivity index (χ1) is 22.3. The van der Waals surface area contributed by atoms with Crippen molar-refractivity contribution >= 4 is 75.8 Å². The molecule has 45 heavy (non-hydrogen) atoms. The third-order valence-electron chi connectivity index (χ3n) is 9.58. The molecule has 0 saturated carbocycles. The van der Waals surface area contributed by atoms with Gasteiger partial charge in [0, 0.05) is 10.8 Å². The van der Waals surface area contributed by atoms with Crippen molar-refractivity contribution in [3.05, 3.63) is 158 Å². The molecule has 1 heteroatoms. The maximum absolute atomic E-state index is 6.62. The van der Waals surface area contributed by atoms with Gasteiger partial charge in [-0.1, -0.05) is 121 Å². The number of benzene rings is 9. The number of hydrogen-bond donors (Lipinski definition) is 0. The summed E-state index contributed by atoms with van der Waals surface area (Å²) in [6, 6.07) is 57.4. The Morgan fingerprint density at radius 1 is 0.311 bits per heavy atom. The van der Waals surface area contributed by atoms with E-state index < -0.39 is 0 Å². The summed E-state index contributed by atoms with van der Waals surface area (Å²) < 4.78 is 6.62. The Hall–Kier alpha value is -5.92. The Labute approximate surface area is 259 Å². The molecule has 0 N–H and O–H groups in total. The Morgan fingerprint density at radius 3 is 1.82 bits per heavy atom. The minimum Gasteiger partial charge on any atom is -0.456 e. The van der Waals surface area contributed by atoms with Gasteiger partial charge in [0.05, 0.1) is 0 Å². The van der Waals surface area contributed by atoms with Gasteiger partial charge in [-0.05, 0) is 113 Å². The highest BCUT2D eigenvalue weighted by atomic mass is 16.3. The zero-order chi connectivity index (χ0) is 29.5. The first-order valence-corrected chi connectivity index (χ1v) is 15.5. The van der Waals surface area contributed by atoms with Gasteiger partial charge >= 0.3 is 0 Å². The second-order valence-corrected chi connectivity index (χ2v) is 12.1. The highest BCUT2D eigenvalue weighted by Gasteiger charge is 2.18. The van der Waals surface area contributed by atoms with Crippen LogP contribution < -0.4 is 0 Å². The molecule has 1 aromatic heterocycles. The second kappa shape index (κ2) is 9.29. The van der Waals surface area contributed by atoms with Gasteiger partial charge in [0.25, 0.3) is 0 Å². The van der Waals surface area contributed by atoms with Crippen molar-refractivity contribution in [2.75, 3.05) is 0 Å². The molecule has 0 saturated heterocycles. The largest absolute Gasteiger partial charge is 0.456 e. The summed E-state index contributed by atoms with van der Waals surface area (Å²) in [5, 5.41) is 14.8. The van der Waals surface area contributed by atoms with Crippen molar-refractivity contribution in [1.29, 1.82) is 0 Å². The van der Waals surface area contributed by atoms with E-state index in [4.69, 9.17) is 4.42 Å². The van der Waals surface area contributed by atoms with E-state index in [0.717, 1.165) is 16.6 Å². The third-order valence-corrected chi connectivity index (χ3v) is 9.58. The van der Waals surface area contributed by atoms with E-state index in [9.17, 15) is 0 Å². The molecule has 9 aromatic carbocycles. The molecule has 0 amide bonds. The van der Waals surface area contributed by atoms with E-state index >= 15 is 0 Å². The molecule has 0 spiro atoms. The van der Waals surface area contributed by atoms with Crippen LogP contribution in [0.4, 0.5) is 0 Å². The Kier molecular flexibility index (Phi) is 5.06. The normalized spacial score (nSPS) is 12.0. The highest BCUT2D eigenvalue weighted by Crippen LogP contribution is 2.45. The fourth-order valence-electron chi connectivity index (χ4n) is 7.44. The lowest BCUT2D eigenvalue weighted by atomic mass is 9.88. The maximum Gasteiger partial charge on any atom is 0.136 e. The van der Waals surface area contributed by atoms with E-state index in [1.54, 1.807) is 0 Å². The average molecular weight is 571 g/mol. The molecule has 0 fully saturated rings. The van der Waals surface area contributed by atoms with Crippen molar-refractivity contribution in [2.45, 2.75) is 0 Å². The zero-order valence-corrected chi connectivity index (χ0v) is 24.4. The van der Waals surface area contributed by atoms with Crippen LogP contribution in [0.2, 0.25) is 0 Å². The number of rotatable bonds is 2. The van der Waals surface area contributed by atoms with E-state index in [2.05, 4.69) is 158 Å². The number of fused-ring (bicyclic) bond motifs is 9. The molecule has 0 aliphatic heterocycles. The van der Waals surface area contributed by atoms with E-state index in [1.807, 2.05) is 0 Å². The zero-order valence-electron chi connectivity index (χ0n) is 24.4. The maximum atomic E-state index is 6.62. The topological polar surface area (TPSA) is 13.1 Å². The van der Waals surface area contributed by atoms with Gasteiger partial charge in [0.15, 0.2) is 0 Å². The van der Waals surface area contributed by atoms with Gasteiger partial charge < -0.3 is 4.42 Å². The fraction of sp³-hybridized carbons (Fsp3) is 0. The summed E-state index contributed by atoms with van der Waals surface area (Å²) in [4.78, 5) is 0. The molecular formula is C44H26O. The van der Waals surface area contributed by atoms with Crippen LogP contribution in [0, 0.1) is 0 Å². The standard InChI is InChI=1S/C44H26O/c1-2-10-29-22-30(17-16-27(29)8-1)31-18-19-32-24-40-42(26-34(32)23-31)45-41-15-7-14-38(44(40)41)43-36-13-6-4-11-33(36)25-39-35-12-5-3-9-28(35)20-21-37(39)43/h1-26H. The van der Waals surface area contributed by atoms with Gasteiger partial charge in [-0.3, -0.25) is 0 Å². The monoisotopic (exact) mass is 570 g/mol. The van der Waals surface area contributed by atoms with Gasteiger partial charge in [-0.15, -0.1) is 0 Å². The lowest BCUT2D eigenvalue weighted by Crippen LogP contribution is -1.88. The van der Waals surface area contributed by atoms with Crippen molar-refractivity contribution in [3.63, 3.8) is 0 Å². The van der Waals surface area contributed by atoms with Crippen LogP contribution in [0.1, 0.15) is 0 Å². The van der Waals surface area contributed by atoms with Crippen LogP contribution in [0.15, 0.2) is 162 Å². The molecule has 0 bridgehead atoms. The lowest BCUT2D eigenvalue weighted by Gasteiger charge is -2.15. The van der Waals surface area contributed by atoms with Gasteiger partial charge in [0.1, 0.15) is 11.2 Å². The molecule has 0 unspecified atom stereocenters. The Bertz CT molecular complexity index is 2820. The van der Waals surface area contributed by atoms with E-state index in [0.29, 0.717) is 0 Å². The Balaban J connectivity index is 1.23. The van der Waals surface area contributed by atoms with Gasteiger partial charge in [-0.25, -0.2) is 0 Å². The van der Waals surface area contributed by atoms with Crippen LogP contribution in [0.3, 0.4) is 0 Å². The minimum absolute atomic E-state index is 0.912. The first kappa shape index (κ1) is 24.5. The smallest absolute Gasteiger partial charge is 0.136 e. The predicted octanol–water partition coefficient (Wildman–Crippen LogP) is 12.7. The van der Waals surface area contributed by atoms with Crippen molar-refractivity contribution < 1.29 is 4.42 Å². The molecule has 0 radical (unpaired) electrons. The van der Waals surface area contributed by atoms with E-state index in [-0.39, 0.29) is 0 Å². The summed E-state index contributed by atoms with van der Waals surface area (Å²) in [5.74, 6) is 0. The average Bonchev–Trinajstić information content (AvgIpc) is 3.46. The van der Waals surface area contributed by atoms with Crippen LogP contribution in [-0.4, -0.2) is 0 Å². The minimum atomic E-state index is 0.912. The molecular weight excluding hydrogens is 544 g/mol.